The van der Waals surface area contributed by atoms with E-state index in [-0.39, 0.29) is 18.1 Å². The summed E-state index contributed by atoms with van der Waals surface area (Å²) < 4.78 is 22.4. The lowest BCUT2D eigenvalue weighted by Crippen LogP contribution is -2.46. The molecule has 0 aliphatic rings. The standard InChI is InChI=1S/C15H22N3O4P/c1-8-9-22-14(19)18(15(2,3)4)11-10-16-13(23(6,7)20)17-12(11)21-5/h1,10H,9H2,2-7H3. The minimum absolute atomic E-state index is 0.145. The van der Waals surface area contributed by atoms with Crippen LogP contribution in [0, 0.1) is 12.3 Å². The summed E-state index contributed by atoms with van der Waals surface area (Å²) in [5.41, 5.74) is -0.130. The summed E-state index contributed by atoms with van der Waals surface area (Å²) in [6.45, 7) is 8.44. The third-order valence-electron chi connectivity index (χ3n) is 2.77. The molecule has 0 atom stereocenters. The molecule has 0 bridgehead atoms. The molecular formula is C15H22N3O4P. The Morgan fingerprint density at radius 1 is 1.43 bits per heavy atom. The lowest BCUT2D eigenvalue weighted by Gasteiger charge is -2.34. The van der Waals surface area contributed by atoms with E-state index in [4.69, 9.17) is 15.9 Å². The molecule has 0 unspecified atom stereocenters. The highest BCUT2D eigenvalue weighted by atomic mass is 31.2. The average molecular weight is 339 g/mol. The fraction of sp³-hybridized carbons (Fsp3) is 0.533. The first kappa shape index (κ1) is 19.0. The monoisotopic (exact) mass is 339 g/mol. The van der Waals surface area contributed by atoms with Gasteiger partial charge in [-0.3, -0.25) is 4.90 Å². The van der Waals surface area contributed by atoms with Crippen LogP contribution in [0.3, 0.4) is 0 Å². The summed E-state index contributed by atoms with van der Waals surface area (Å²) >= 11 is 0. The van der Waals surface area contributed by atoms with Crippen LogP contribution < -0.4 is 15.2 Å². The zero-order valence-electron chi connectivity index (χ0n) is 14.3. The summed E-state index contributed by atoms with van der Waals surface area (Å²) in [4.78, 5) is 22.0. The van der Waals surface area contributed by atoms with Crippen LogP contribution in [0.5, 0.6) is 5.88 Å². The van der Waals surface area contributed by atoms with Crippen LogP contribution >= 0.6 is 7.14 Å². The van der Waals surface area contributed by atoms with Crippen molar-refractivity contribution in [1.82, 2.24) is 9.97 Å². The maximum Gasteiger partial charge on any atom is 0.415 e. The molecule has 1 aromatic heterocycles. The molecular weight excluding hydrogens is 317 g/mol. The van der Waals surface area contributed by atoms with Gasteiger partial charge in [0.15, 0.2) is 12.2 Å². The van der Waals surface area contributed by atoms with E-state index in [1.165, 1.54) is 18.2 Å². The Bertz CT molecular complexity index is 670. The summed E-state index contributed by atoms with van der Waals surface area (Å²) in [6.07, 6.45) is 5.89. The van der Waals surface area contributed by atoms with Gasteiger partial charge in [-0.05, 0) is 34.1 Å². The molecule has 0 fully saturated rings. The van der Waals surface area contributed by atoms with Crippen molar-refractivity contribution in [2.24, 2.45) is 0 Å². The molecule has 0 saturated heterocycles. The number of rotatable bonds is 4. The molecule has 0 saturated carbocycles. The fourth-order valence-electron chi connectivity index (χ4n) is 1.82. The first-order valence-corrected chi connectivity index (χ1v) is 9.49. The van der Waals surface area contributed by atoms with Gasteiger partial charge >= 0.3 is 6.09 Å². The Balaban J connectivity index is 3.40. The van der Waals surface area contributed by atoms with Crippen molar-refractivity contribution in [2.75, 3.05) is 31.9 Å². The molecule has 0 N–H and O–H groups in total. The summed E-state index contributed by atoms with van der Waals surface area (Å²) in [5.74, 6) is 2.39. The quantitative estimate of drug-likeness (QED) is 0.617. The Morgan fingerprint density at radius 2 is 2.04 bits per heavy atom. The Hall–Kier alpha value is -2.06. The Morgan fingerprint density at radius 3 is 2.48 bits per heavy atom. The first-order valence-electron chi connectivity index (χ1n) is 6.89. The number of methoxy groups -OCH3 is 1. The molecule has 8 heteroatoms. The predicted molar refractivity (Wildman–Crippen MR) is 90.1 cm³/mol. The molecule has 1 heterocycles. The van der Waals surface area contributed by atoms with Crippen LogP contribution in [0.15, 0.2) is 6.20 Å². The number of carbonyl (C=O) groups excluding carboxylic acids is 1. The largest absolute Gasteiger partial charge is 0.479 e. The molecule has 7 nitrogen and oxygen atoms in total. The number of aromatic nitrogens is 2. The van der Waals surface area contributed by atoms with Crippen LogP contribution in [-0.4, -0.2) is 48.6 Å². The molecule has 0 radical (unpaired) electrons. The van der Waals surface area contributed by atoms with Crippen molar-refractivity contribution < 1.29 is 18.8 Å². The number of terminal acetylenes is 1. The van der Waals surface area contributed by atoms with Crippen LogP contribution in [-0.2, 0) is 9.30 Å². The van der Waals surface area contributed by atoms with Crippen molar-refractivity contribution in [3.63, 3.8) is 0 Å². The SMILES string of the molecule is C#CCOC(=O)N(c1cnc(P(C)(C)=O)nc1OC)C(C)(C)C. The molecule has 0 aliphatic heterocycles. The fourth-order valence-corrected chi connectivity index (χ4v) is 2.48. The van der Waals surface area contributed by atoms with E-state index in [1.807, 2.05) is 20.8 Å². The van der Waals surface area contributed by atoms with Gasteiger partial charge in [0, 0.05) is 5.54 Å². The van der Waals surface area contributed by atoms with E-state index in [0.29, 0.717) is 5.69 Å². The number of carbonyl (C=O) groups is 1. The normalized spacial score (nSPS) is 11.5. The summed E-state index contributed by atoms with van der Waals surface area (Å²) in [5, 5.41) is 0. The van der Waals surface area contributed by atoms with E-state index in [0.717, 1.165) is 0 Å². The topological polar surface area (TPSA) is 81.6 Å². The van der Waals surface area contributed by atoms with Gasteiger partial charge in [0.05, 0.1) is 13.3 Å². The molecule has 23 heavy (non-hydrogen) atoms. The minimum atomic E-state index is -2.65. The van der Waals surface area contributed by atoms with E-state index in [1.54, 1.807) is 13.3 Å². The molecule has 1 amide bonds. The second-order valence-electron chi connectivity index (χ2n) is 6.18. The Labute approximate surface area is 136 Å². The number of nitrogens with zero attached hydrogens (tertiary/aromatic N) is 3. The molecule has 0 aliphatic carbocycles. The highest BCUT2D eigenvalue weighted by molar-refractivity contribution is 7.69. The van der Waals surface area contributed by atoms with Gasteiger partial charge in [-0.15, -0.1) is 6.42 Å². The maximum atomic E-state index is 12.3. The average Bonchev–Trinajstić information content (AvgIpc) is 2.42. The smallest absolute Gasteiger partial charge is 0.415 e. The van der Waals surface area contributed by atoms with Gasteiger partial charge in [0.1, 0.15) is 12.8 Å². The van der Waals surface area contributed by atoms with E-state index >= 15 is 0 Å². The highest BCUT2D eigenvalue weighted by Gasteiger charge is 2.33. The van der Waals surface area contributed by atoms with Gasteiger partial charge in [0.2, 0.25) is 5.88 Å². The number of amides is 1. The van der Waals surface area contributed by atoms with E-state index in [9.17, 15) is 9.36 Å². The van der Waals surface area contributed by atoms with Gasteiger partial charge in [-0.25, -0.2) is 9.78 Å². The zero-order chi connectivity index (χ0) is 17.8. The van der Waals surface area contributed by atoms with Crippen molar-refractivity contribution in [3.05, 3.63) is 6.20 Å². The van der Waals surface area contributed by atoms with Crippen molar-refractivity contribution in [2.45, 2.75) is 26.3 Å². The van der Waals surface area contributed by atoms with Gasteiger partial charge in [-0.1, -0.05) is 5.92 Å². The molecule has 0 spiro atoms. The second-order valence-corrected chi connectivity index (χ2v) is 9.28. The number of anilines is 1. The zero-order valence-corrected chi connectivity index (χ0v) is 15.2. The van der Waals surface area contributed by atoms with Crippen LogP contribution in [0.2, 0.25) is 0 Å². The first-order chi connectivity index (χ1) is 10.5. The van der Waals surface area contributed by atoms with Crippen molar-refractivity contribution in [3.8, 4) is 18.2 Å². The number of hydrogen-bond acceptors (Lipinski definition) is 6. The number of ether oxygens (including phenoxy) is 2. The summed E-state index contributed by atoms with van der Waals surface area (Å²) in [7, 11) is -1.24. The van der Waals surface area contributed by atoms with Crippen molar-refractivity contribution >= 4 is 24.5 Å². The predicted octanol–water partition coefficient (Wildman–Crippen LogP) is 2.11. The lowest BCUT2D eigenvalue weighted by molar-refractivity contribution is 0.161. The highest BCUT2D eigenvalue weighted by Crippen LogP contribution is 2.36. The van der Waals surface area contributed by atoms with Gasteiger partial charge in [0.25, 0.3) is 0 Å². The van der Waals surface area contributed by atoms with E-state index in [2.05, 4.69) is 15.9 Å². The van der Waals surface area contributed by atoms with E-state index < -0.39 is 18.8 Å². The lowest BCUT2D eigenvalue weighted by atomic mass is 10.1. The van der Waals surface area contributed by atoms with Crippen LogP contribution in [0.1, 0.15) is 20.8 Å². The van der Waals surface area contributed by atoms with Gasteiger partial charge < -0.3 is 14.0 Å². The molecule has 1 rings (SSSR count). The Kier molecular flexibility index (Phi) is 5.79. The van der Waals surface area contributed by atoms with Crippen LogP contribution in [0.4, 0.5) is 10.5 Å². The molecule has 1 aromatic rings. The minimum Gasteiger partial charge on any atom is -0.479 e. The van der Waals surface area contributed by atoms with Gasteiger partial charge in [-0.2, -0.15) is 4.98 Å². The second kappa shape index (κ2) is 7.01. The maximum absolute atomic E-state index is 12.3. The molecule has 126 valence electrons. The van der Waals surface area contributed by atoms with Crippen molar-refractivity contribution in [1.29, 1.82) is 0 Å². The third kappa shape index (κ3) is 4.70. The third-order valence-corrected chi connectivity index (χ3v) is 3.95. The molecule has 0 aromatic carbocycles. The summed E-state index contributed by atoms with van der Waals surface area (Å²) in [6, 6.07) is 0. The van der Waals surface area contributed by atoms with Crippen LogP contribution in [0.25, 0.3) is 0 Å². The number of hydrogen-bond donors (Lipinski definition) is 0.